The minimum Gasteiger partial charge on any atom is -0.266 e. The van der Waals surface area contributed by atoms with Gasteiger partial charge in [0.25, 0.3) is 5.56 Å². The lowest BCUT2D eigenvalue weighted by atomic mass is 10.1. The first kappa shape index (κ1) is 19.6. The third-order valence-electron chi connectivity index (χ3n) is 4.69. The van der Waals surface area contributed by atoms with Crippen molar-refractivity contribution in [3.05, 3.63) is 85.0 Å². The third kappa shape index (κ3) is 3.62. The van der Waals surface area contributed by atoms with Crippen LogP contribution in [0.1, 0.15) is 39.3 Å². The van der Waals surface area contributed by atoms with E-state index in [1.807, 2.05) is 48.9 Å². The second-order valence-corrected chi connectivity index (χ2v) is 7.06. The molecule has 142 valence electrons. The number of hydrogen-bond acceptors (Lipinski definition) is 4. The molecule has 0 unspecified atom stereocenters. The Labute approximate surface area is 168 Å². The molecule has 2 heterocycles. The first-order valence-corrected chi connectivity index (χ1v) is 9.16. The van der Waals surface area contributed by atoms with Crippen molar-refractivity contribution in [2.45, 2.75) is 34.2 Å². The van der Waals surface area contributed by atoms with Crippen LogP contribution in [0.15, 0.2) is 40.2 Å². The predicted molar refractivity (Wildman–Crippen MR) is 110 cm³/mol. The fraction of sp³-hybridized carbons (Fsp3) is 0.238. The Morgan fingerprint density at radius 1 is 1.25 bits per heavy atom. The van der Waals surface area contributed by atoms with Gasteiger partial charge in [-0.1, -0.05) is 29.8 Å². The molecule has 0 aliphatic carbocycles. The van der Waals surface area contributed by atoms with Crippen LogP contribution in [-0.4, -0.2) is 20.7 Å². The Bertz CT molecular complexity index is 1180. The topological polar surface area (TPSA) is 76.0 Å². The second-order valence-electron chi connectivity index (χ2n) is 6.65. The fourth-order valence-electron chi connectivity index (χ4n) is 3.12. The van der Waals surface area contributed by atoms with Crippen molar-refractivity contribution in [1.29, 1.82) is 5.26 Å². The number of halogens is 1. The van der Waals surface area contributed by atoms with Crippen LogP contribution >= 0.6 is 11.6 Å². The van der Waals surface area contributed by atoms with E-state index >= 15 is 0 Å². The van der Waals surface area contributed by atoms with Crippen molar-refractivity contribution in [3.8, 4) is 6.07 Å². The summed E-state index contributed by atoms with van der Waals surface area (Å²) in [4.78, 5) is 12.5. The van der Waals surface area contributed by atoms with E-state index in [0.29, 0.717) is 22.8 Å². The van der Waals surface area contributed by atoms with Crippen LogP contribution in [0.4, 0.5) is 0 Å². The molecular formula is C21H20ClN5O. The Kier molecular flexibility index (Phi) is 5.48. The molecule has 0 aliphatic heterocycles. The number of aromatic nitrogens is 3. The van der Waals surface area contributed by atoms with E-state index in [9.17, 15) is 10.1 Å². The summed E-state index contributed by atoms with van der Waals surface area (Å²) >= 11 is 6.26. The van der Waals surface area contributed by atoms with E-state index in [2.05, 4.69) is 10.2 Å². The van der Waals surface area contributed by atoms with E-state index in [1.165, 1.54) is 4.68 Å². The van der Waals surface area contributed by atoms with Gasteiger partial charge in [-0.05, 0) is 51.0 Å². The van der Waals surface area contributed by atoms with Crippen LogP contribution < -0.4 is 5.56 Å². The van der Waals surface area contributed by atoms with Gasteiger partial charge in [-0.15, -0.1) is 0 Å². The Balaban J connectivity index is 1.99. The number of pyridine rings is 1. The Morgan fingerprint density at radius 3 is 2.64 bits per heavy atom. The molecule has 0 spiro atoms. The summed E-state index contributed by atoms with van der Waals surface area (Å²) in [5.74, 6) is 0. The molecule has 0 bridgehead atoms. The average Bonchev–Trinajstić information content (AvgIpc) is 2.90. The lowest BCUT2D eigenvalue weighted by Crippen LogP contribution is -2.22. The summed E-state index contributed by atoms with van der Waals surface area (Å²) in [5, 5.41) is 18.8. The number of nitriles is 1. The van der Waals surface area contributed by atoms with Crippen molar-refractivity contribution in [3.63, 3.8) is 0 Å². The highest BCUT2D eigenvalue weighted by Gasteiger charge is 2.13. The number of hydrogen-bond donors (Lipinski definition) is 0. The highest BCUT2D eigenvalue weighted by atomic mass is 35.5. The minimum absolute atomic E-state index is 0.102. The van der Waals surface area contributed by atoms with Gasteiger partial charge in [-0.25, -0.2) is 4.68 Å². The van der Waals surface area contributed by atoms with E-state index < -0.39 is 5.56 Å². The minimum atomic E-state index is -0.421. The number of benzene rings is 1. The van der Waals surface area contributed by atoms with Crippen LogP contribution in [0, 0.1) is 39.0 Å². The van der Waals surface area contributed by atoms with Gasteiger partial charge in [0.15, 0.2) is 0 Å². The standard InChI is InChI=1S/C21H20ClN5O/c1-13-9-14(2)27(21(28)18(13)10-23)24-11-19-15(3)25-26(16(19)4)12-17-7-5-6-8-20(17)22/h5-9,11H,12H2,1-4H3/b24-11+. The molecule has 3 aromatic rings. The molecule has 0 fully saturated rings. The van der Waals surface area contributed by atoms with Crippen molar-refractivity contribution in [2.24, 2.45) is 5.10 Å². The van der Waals surface area contributed by atoms with Crippen LogP contribution in [-0.2, 0) is 6.54 Å². The number of nitrogens with zero attached hydrogens (tertiary/aromatic N) is 5. The maximum Gasteiger partial charge on any atom is 0.289 e. The Morgan fingerprint density at radius 2 is 1.96 bits per heavy atom. The zero-order valence-electron chi connectivity index (χ0n) is 16.2. The van der Waals surface area contributed by atoms with Gasteiger partial charge < -0.3 is 0 Å². The highest BCUT2D eigenvalue weighted by Crippen LogP contribution is 2.19. The zero-order valence-corrected chi connectivity index (χ0v) is 16.9. The summed E-state index contributed by atoms with van der Waals surface area (Å²) < 4.78 is 3.11. The molecule has 0 N–H and O–H groups in total. The molecule has 0 amide bonds. The molecule has 7 heteroatoms. The van der Waals surface area contributed by atoms with Crippen LogP contribution in [0.25, 0.3) is 0 Å². The van der Waals surface area contributed by atoms with Crippen molar-refractivity contribution < 1.29 is 0 Å². The first-order valence-electron chi connectivity index (χ1n) is 8.78. The van der Waals surface area contributed by atoms with Crippen LogP contribution in [0.5, 0.6) is 0 Å². The van der Waals surface area contributed by atoms with Gasteiger partial charge in [0.2, 0.25) is 0 Å². The molecule has 2 aromatic heterocycles. The van der Waals surface area contributed by atoms with Gasteiger partial charge in [0.05, 0.1) is 18.5 Å². The maximum absolute atomic E-state index is 12.5. The van der Waals surface area contributed by atoms with Gasteiger partial charge in [0, 0.05) is 22.0 Å². The summed E-state index contributed by atoms with van der Waals surface area (Å²) in [5.41, 5.74) is 4.51. The maximum atomic E-state index is 12.5. The van der Waals surface area contributed by atoms with E-state index in [1.54, 1.807) is 26.1 Å². The van der Waals surface area contributed by atoms with E-state index in [4.69, 9.17) is 11.6 Å². The summed E-state index contributed by atoms with van der Waals surface area (Å²) in [6, 6.07) is 11.4. The lowest BCUT2D eigenvalue weighted by Gasteiger charge is -2.07. The zero-order chi connectivity index (χ0) is 20.4. The summed E-state index contributed by atoms with van der Waals surface area (Å²) in [6.45, 7) is 7.91. The monoisotopic (exact) mass is 393 g/mol. The smallest absolute Gasteiger partial charge is 0.266 e. The molecule has 6 nitrogen and oxygen atoms in total. The molecule has 3 rings (SSSR count). The van der Waals surface area contributed by atoms with Crippen molar-refractivity contribution in [1.82, 2.24) is 14.5 Å². The average molecular weight is 394 g/mol. The number of aryl methyl sites for hydroxylation is 3. The SMILES string of the molecule is Cc1cc(C)n(/N=C/c2c(C)nn(Cc3ccccc3Cl)c2C)c(=O)c1C#N. The summed E-state index contributed by atoms with van der Waals surface area (Å²) in [6.07, 6.45) is 1.62. The van der Waals surface area contributed by atoms with Gasteiger partial charge in [-0.2, -0.15) is 15.5 Å². The Hall–Kier alpha value is -3.17. The van der Waals surface area contributed by atoms with Crippen molar-refractivity contribution >= 4 is 17.8 Å². The van der Waals surface area contributed by atoms with E-state index in [0.717, 1.165) is 22.5 Å². The lowest BCUT2D eigenvalue weighted by molar-refractivity contribution is 0.659. The van der Waals surface area contributed by atoms with E-state index in [-0.39, 0.29) is 5.56 Å². The highest BCUT2D eigenvalue weighted by molar-refractivity contribution is 6.31. The quantitative estimate of drug-likeness (QED) is 0.633. The molecule has 0 aliphatic rings. The summed E-state index contributed by atoms with van der Waals surface area (Å²) in [7, 11) is 0. The number of rotatable bonds is 4. The van der Waals surface area contributed by atoms with Crippen LogP contribution in [0.2, 0.25) is 5.02 Å². The molecular weight excluding hydrogens is 374 g/mol. The largest absolute Gasteiger partial charge is 0.289 e. The fourth-order valence-corrected chi connectivity index (χ4v) is 3.31. The predicted octanol–water partition coefficient (Wildman–Crippen LogP) is 3.73. The molecule has 0 atom stereocenters. The van der Waals surface area contributed by atoms with Crippen molar-refractivity contribution in [2.75, 3.05) is 0 Å². The molecule has 28 heavy (non-hydrogen) atoms. The molecule has 0 saturated carbocycles. The molecule has 0 radical (unpaired) electrons. The van der Waals surface area contributed by atoms with Gasteiger partial charge in [0.1, 0.15) is 11.6 Å². The normalized spacial score (nSPS) is 11.1. The van der Waals surface area contributed by atoms with Crippen LogP contribution in [0.3, 0.4) is 0 Å². The van der Waals surface area contributed by atoms with Gasteiger partial charge in [-0.3, -0.25) is 9.48 Å². The third-order valence-corrected chi connectivity index (χ3v) is 5.06. The first-order chi connectivity index (χ1) is 13.3. The van der Waals surface area contributed by atoms with Gasteiger partial charge >= 0.3 is 0 Å². The second kappa shape index (κ2) is 7.83. The molecule has 0 saturated heterocycles. The molecule has 1 aromatic carbocycles.